The van der Waals surface area contributed by atoms with Crippen LogP contribution in [0.25, 0.3) is 0 Å². The normalized spacial score (nSPS) is 12.1. The van der Waals surface area contributed by atoms with Crippen LogP contribution in [0, 0.1) is 5.82 Å². The summed E-state index contributed by atoms with van der Waals surface area (Å²) in [4.78, 5) is 0. The van der Waals surface area contributed by atoms with E-state index < -0.39 is 6.04 Å². The molecule has 2 aromatic carbocycles. The van der Waals surface area contributed by atoms with E-state index in [0.717, 1.165) is 5.56 Å². The number of rotatable bonds is 4. The van der Waals surface area contributed by atoms with Gasteiger partial charge in [0.1, 0.15) is 5.82 Å². The summed E-state index contributed by atoms with van der Waals surface area (Å²) >= 11 is 9.40. The second-order valence-corrected chi connectivity index (χ2v) is 5.64. The first-order chi connectivity index (χ1) is 9.97. The second kappa shape index (κ2) is 6.64. The lowest BCUT2D eigenvalue weighted by Crippen LogP contribution is -2.13. The minimum atomic E-state index is -0.505. The molecule has 0 aliphatic carbocycles. The van der Waals surface area contributed by atoms with Crippen LogP contribution in [0.15, 0.2) is 34.8 Å². The number of halogens is 3. The molecular formula is C15H14BrClFNO2. The molecule has 0 aromatic heterocycles. The number of nitrogens with two attached hydrogens (primary N) is 1. The van der Waals surface area contributed by atoms with E-state index >= 15 is 0 Å². The molecule has 0 heterocycles. The molecule has 0 aliphatic heterocycles. The van der Waals surface area contributed by atoms with Crippen molar-refractivity contribution in [3.8, 4) is 11.5 Å². The Labute approximate surface area is 135 Å². The topological polar surface area (TPSA) is 44.5 Å². The molecular weight excluding hydrogens is 361 g/mol. The van der Waals surface area contributed by atoms with Crippen molar-refractivity contribution in [2.75, 3.05) is 14.2 Å². The largest absolute Gasteiger partial charge is 0.493 e. The number of ether oxygens (including phenoxy) is 2. The van der Waals surface area contributed by atoms with E-state index in [9.17, 15) is 4.39 Å². The first-order valence-electron chi connectivity index (χ1n) is 6.10. The Kier molecular flexibility index (Phi) is 5.08. The summed E-state index contributed by atoms with van der Waals surface area (Å²) in [7, 11) is 3.07. The number of benzene rings is 2. The van der Waals surface area contributed by atoms with Gasteiger partial charge in [-0.3, -0.25) is 0 Å². The molecule has 0 amide bonds. The maximum absolute atomic E-state index is 13.3. The lowest BCUT2D eigenvalue weighted by atomic mass is 9.99. The third-order valence-corrected chi connectivity index (χ3v) is 4.08. The van der Waals surface area contributed by atoms with Crippen molar-refractivity contribution in [3.63, 3.8) is 0 Å². The van der Waals surface area contributed by atoms with E-state index in [1.807, 2.05) is 0 Å². The van der Waals surface area contributed by atoms with Crippen LogP contribution >= 0.6 is 27.5 Å². The highest BCUT2D eigenvalue weighted by Gasteiger charge is 2.17. The molecule has 0 spiro atoms. The van der Waals surface area contributed by atoms with Crippen molar-refractivity contribution in [2.45, 2.75) is 6.04 Å². The quantitative estimate of drug-likeness (QED) is 0.867. The minimum Gasteiger partial charge on any atom is -0.493 e. The number of hydrogen-bond donors (Lipinski definition) is 1. The molecule has 2 N–H and O–H groups in total. The van der Waals surface area contributed by atoms with Crippen molar-refractivity contribution in [2.24, 2.45) is 5.73 Å². The fourth-order valence-corrected chi connectivity index (χ4v) is 2.66. The maximum atomic E-state index is 13.3. The fraction of sp³-hybridized carbons (Fsp3) is 0.200. The van der Waals surface area contributed by atoms with E-state index in [-0.39, 0.29) is 5.82 Å². The van der Waals surface area contributed by atoms with Crippen LogP contribution in [0.2, 0.25) is 5.02 Å². The zero-order chi connectivity index (χ0) is 15.6. The average molecular weight is 375 g/mol. The van der Waals surface area contributed by atoms with Gasteiger partial charge in [0.05, 0.1) is 24.7 Å². The van der Waals surface area contributed by atoms with E-state index in [1.54, 1.807) is 24.3 Å². The first kappa shape index (κ1) is 16.1. The van der Waals surface area contributed by atoms with Crippen LogP contribution in [0.1, 0.15) is 17.2 Å². The number of hydrogen-bond acceptors (Lipinski definition) is 3. The average Bonchev–Trinajstić information content (AvgIpc) is 2.49. The highest BCUT2D eigenvalue weighted by Crippen LogP contribution is 2.37. The van der Waals surface area contributed by atoms with Gasteiger partial charge < -0.3 is 15.2 Å². The van der Waals surface area contributed by atoms with Gasteiger partial charge in [0.15, 0.2) is 11.5 Å². The smallest absolute Gasteiger partial charge is 0.162 e. The van der Waals surface area contributed by atoms with Gasteiger partial charge in [0.25, 0.3) is 0 Å². The molecule has 2 aromatic rings. The van der Waals surface area contributed by atoms with Crippen LogP contribution in [-0.2, 0) is 0 Å². The zero-order valence-corrected chi connectivity index (χ0v) is 13.8. The van der Waals surface area contributed by atoms with Crippen molar-refractivity contribution in [1.82, 2.24) is 0 Å². The molecule has 0 saturated carbocycles. The SMILES string of the molecule is COc1cc(Cl)c(C(N)c2ccc(F)c(Br)c2)cc1OC. The lowest BCUT2D eigenvalue weighted by Gasteiger charge is -2.17. The van der Waals surface area contributed by atoms with E-state index in [4.69, 9.17) is 26.8 Å². The van der Waals surface area contributed by atoms with Gasteiger partial charge >= 0.3 is 0 Å². The van der Waals surface area contributed by atoms with Gasteiger partial charge in [0, 0.05) is 11.1 Å². The van der Waals surface area contributed by atoms with Gasteiger partial charge in [-0.2, -0.15) is 0 Å². The van der Waals surface area contributed by atoms with E-state index in [2.05, 4.69) is 15.9 Å². The van der Waals surface area contributed by atoms with Gasteiger partial charge in [-0.25, -0.2) is 4.39 Å². The Hall–Kier alpha value is -1.30. The molecule has 112 valence electrons. The molecule has 0 aliphatic rings. The molecule has 1 atom stereocenters. The summed E-state index contributed by atoms with van der Waals surface area (Å²) in [6.45, 7) is 0. The van der Waals surface area contributed by atoms with Crippen LogP contribution in [0.4, 0.5) is 4.39 Å². The van der Waals surface area contributed by atoms with E-state index in [0.29, 0.717) is 26.6 Å². The molecule has 6 heteroatoms. The standard InChI is InChI=1S/C15H14BrClFNO2/c1-20-13-6-9(11(17)7-14(13)21-2)15(19)8-3-4-12(18)10(16)5-8/h3-7,15H,19H2,1-2H3. The van der Waals surface area contributed by atoms with Crippen LogP contribution in [0.3, 0.4) is 0 Å². The second-order valence-electron chi connectivity index (χ2n) is 4.38. The Morgan fingerprint density at radius 3 is 2.33 bits per heavy atom. The van der Waals surface area contributed by atoms with Gasteiger partial charge in [-0.05, 0) is 45.3 Å². The van der Waals surface area contributed by atoms with Gasteiger partial charge in [-0.15, -0.1) is 0 Å². The molecule has 3 nitrogen and oxygen atoms in total. The third kappa shape index (κ3) is 3.31. The van der Waals surface area contributed by atoms with Gasteiger partial charge in [0.2, 0.25) is 0 Å². The Morgan fingerprint density at radius 1 is 1.14 bits per heavy atom. The summed E-state index contributed by atoms with van der Waals surface area (Å²) in [6.07, 6.45) is 0. The highest BCUT2D eigenvalue weighted by molar-refractivity contribution is 9.10. The monoisotopic (exact) mass is 373 g/mol. The summed E-state index contributed by atoms with van der Waals surface area (Å²) in [6, 6.07) is 7.48. The lowest BCUT2D eigenvalue weighted by molar-refractivity contribution is 0.354. The predicted molar refractivity (Wildman–Crippen MR) is 84.7 cm³/mol. The molecule has 0 saturated heterocycles. The summed E-state index contributed by atoms with van der Waals surface area (Å²) < 4.78 is 24.1. The fourth-order valence-electron chi connectivity index (χ4n) is 1.99. The van der Waals surface area contributed by atoms with E-state index in [1.165, 1.54) is 20.3 Å². The van der Waals surface area contributed by atoms with Crippen LogP contribution in [-0.4, -0.2) is 14.2 Å². The van der Waals surface area contributed by atoms with Crippen LogP contribution < -0.4 is 15.2 Å². The maximum Gasteiger partial charge on any atom is 0.162 e. The first-order valence-corrected chi connectivity index (χ1v) is 7.27. The van der Waals surface area contributed by atoms with Crippen molar-refractivity contribution in [3.05, 3.63) is 56.8 Å². The zero-order valence-electron chi connectivity index (χ0n) is 11.5. The Morgan fingerprint density at radius 2 is 1.76 bits per heavy atom. The summed E-state index contributed by atoms with van der Waals surface area (Å²) in [5, 5.41) is 0.459. The Bertz CT molecular complexity index is 666. The predicted octanol–water partition coefficient (Wildman–Crippen LogP) is 4.31. The van der Waals surface area contributed by atoms with Crippen molar-refractivity contribution < 1.29 is 13.9 Å². The molecule has 2 rings (SSSR count). The third-order valence-electron chi connectivity index (χ3n) is 3.14. The molecule has 0 radical (unpaired) electrons. The summed E-state index contributed by atoms with van der Waals surface area (Å²) in [5.74, 6) is 0.719. The van der Waals surface area contributed by atoms with Gasteiger partial charge in [-0.1, -0.05) is 17.7 Å². The van der Waals surface area contributed by atoms with Crippen LogP contribution in [0.5, 0.6) is 11.5 Å². The molecule has 0 bridgehead atoms. The molecule has 1 unspecified atom stereocenters. The highest BCUT2D eigenvalue weighted by atomic mass is 79.9. The summed E-state index contributed by atoms with van der Waals surface area (Å²) in [5.41, 5.74) is 7.63. The minimum absolute atomic E-state index is 0.343. The van der Waals surface area contributed by atoms with Crippen molar-refractivity contribution >= 4 is 27.5 Å². The number of methoxy groups -OCH3 is 2. The molecule has 0 fully saturated rings. The van der Waals surface area contributed by atoms with Crippen molar-refractivity contribution in [1.29, 1.82) is 0 Å². The molecule has 21 heavy (non-hydrogen) atoms. The Balaban J connectivity index is 2.47.